The maximum Gasteiger partial charge on any atom is 0.257 e. The smallest absolute Gasteiger partial charge is 0.257 e. The number of aromatic nitrogens is 2. The lowest BCUT2D eigenvalue weighted by molar-refractivity contribution is 0.0966. The number of carbonyl (C=O) groups excluding carboxylic acids is 1. The highest BCUT2D eigenvalue weighted by Crippen LogP contribution is 2.29. The molecule has 0 unspecified atom stereocenters. The zero-order valence-electron chi connectivity index (χ0n) is 13.5. The Labute approximate surface area is 143 Å². The predicted octanol–water partition coefficient (Wildman–Crippen LogP) is 2.48. The van der Waals surface area contributed by atoms with Crippen LogP contribution in [0.2, 0.25) is 0 Å². The van der Waals surface area contributed by atoms with Crippen molar-refractivity contribution in [2.24, 2.45) is 0 Å². The first-order valence-electron chi connectivity index (χ1n) is 8.28. The van der Waals surface area contributed by atoms with Gasteiger partial charge in [-0.05, 0) is 25.0 Å². The summed E-state index contributed by atoms with van der Waals surface area (Å²) in [4.78, 5) is 20.6. The van der Waals surface area contributed by atoms with Gasteiger partial charge in [-0.3, -0.25) is 4.79 Å². The van der Waals surface area contributed by atoms with Gasteiger partial charge in [-0.1, -0.05) is 12.5 Å². The lowest BCUT2D eigenvalue weighted by Gasteiger charge is -2.28. The van der Waals surface area contributed by atoms with E-state index in [1.165, 1.54) is 6.07 Å². The Kier molecular flexibility index (Phi) is 4.04. The number of hydrogen-bond acceptors (Lipinski definition) is 5. The summed E-state index contributed by atoms with van der Waals surface area (Å²) in [5.41, 5.74) is 3.63. The van der Waals surface area contributed by atoms with Crippen LogP contribution >= 0.6 is 0 Å². The molecular formula is C17H17F2N5O. The molecule has 1 fully saturated rings. The van der Waals surface area contributed by atoms with Gasteiger partial charge in [0.05, 0.1) is 17.8 Å². The molecule has 2 aliphatic heterocycles. The summed E-state index contributed by atoms with van der Waals surface area (Å²) in [7, 11) is 0. The SMILES string of the molecule is O=C1NCc2nc(-c3c(F)cccc3F)nc(NN3CCCCC3)c21. The highest BCUT2D eigenvalue weighted by Gasteiger charge is 2.29. The molecule has 6 nitrogen and oxygen atoms in total. The van der Waals surface area contributed by atoms with Gasteiger partial charge >= 0.3 is 0 Å². The van der Waals surface area contributed by atoms with Gasteiger partial charge in [0.15, 0.2) is 11.6 Å². The molecule has 1 amide bonds. The Morgan fingerprint density at radius 2 is 1.76 bits per heavy atom. The molecule has 1 aromatic carbocycles. The van der Waals surface area contributed by atoms with Crippen LogP contribution in [0, 0.1) is 11.6 Å². The Bertz CT molecular complexity index is 816. The molecule has 1 saturated heterocycles. The van der Waals surface area contributed by atoms with Crippen LogP contribution in [0.4, 0.5) is 14.6 Å². The molecule has 0 spiro atoms. The van der Waals surface area contributed by atoms with Gasteiger partial charge in [-0.25, -0.2) is 23.8 Å². The molecule has 0 bridgehead atoms. The van der Waals surface area contributed by atoms with Crippen LogP contribution in [0.3, 0.4) is 0 Å². The number of hydrogen-bond donors (Lipinski definition) is 2. The molecule has 0 radical (unpaired) electrons. The standard InChI is InChI=1S/C17H17F2N5O/c18-10-5-4-6-11(19)13(10)15-21-12-9-20-17(25)14(12)16(22-15)23-24-7-2-1-3-8-24/h4-6H,1-3,7-9H2,(H,20,25)(H,21,22,23). The second-order valence-corrected chi connectivity index (χ2v) is 6.16. The molecule has 0 aliphatic carbocycles. The second kappa shape index (κ2) is 6.36. The molecule has 2 aliphatic rings. The molecule has 1 aromatic heterocycles. The van der Waals surface area contributed by atoms with E-state index < -0.39 is 11.6 Å². The molecule has 3 heterocycles. The topological polar surface area (TPSA) is 70.1 Å². The van der Waals surface area contributed by atoms with Crippen LogP contribution in [-0.4, -0.2) is 34.0 Å². The summed E-state index contributed by atoms with van der Waals surface area (Å²) in [6, 6.07) is 3.62. The number of anilines is 1. The monoisotopic (exact) mass is 345 g/mol. The van der Waals surface area contributed by atoms with Gasteiger partial charge in [0.1, 0.15) is 17.2 Å². The zero-order valence-corrected chi connectivity index (χ0v) is 13.5. The third kappa shape index (κ3) is 2.93. The number of benzene rings is 1. The summed E-state index contributed by atoms with van der Waals surface area (Å²) in [6.07, 6.45) is 3.24. The molecule has 2 aromatic rings. The van der Waals surface area contributed by atoms with Gasteiger partial charge in [0.2, 0.25) is 0 Å². The number of nitrogens with one attached hydrogen (secondary N) is 2. The molecular weight excluding hydrogens is 328 g/mol. The number of hydrazine groups is 1. The van der Waals surface area contributed by atoms with E-state index in [-0.39, 0.29) is 23.8 Å². The van der Waals surface area contributed by atoms with Crippen molar-refractivity contribution in [2.45, 2.75) is 25.8 Å². The van der Waals surface area contributed by atoms with Crippen LogP contribution < -0.4 is 10.7 Å². The van der Waals surface area contributed by atoms with Crippen LogP contribution in [0.15, 0.2) is 18.2 Å². The van der Waals surface area contributed by atoms with Gasteiger partial charge < -0.3 is 10.7 Å². The fourth-order valence-electron chi connectivity index (χ4n) is 3.19. The first-order valence-corrected chi connectivity index (χ1v) is 8.28. The largest absolute Gasteiger partial charge is 0.346 e. The minimum atomic E-state index is -0.735. The van der Waals surface area contributed by atoms with Crippen molar-refractivity contribution < 1.29 is 13.6 Å². The number of halogens is 2. The average Bonchev–Trinajstić information content (AvgIpc) is 2.97. The lowest BCUT2D eigenvalue weighted by atomic mass is 10.1. The summed E-state index contributed by atoms with van der Waals surface area (Å²) in [6.45, 7) is 1.86. The first kappa shape index (κ1) is 15.9. The van der Waals surface area contributed by atoms with E-state index in [1.807, 2.05) is 5.01 Å². The van der Waals surface area contributed by atoms with Crippen molar-refractivity contribution in [3.63, 3.8) is 0 Å². The third-order valence-corrected chi connectivity index (χ3v) is 4.43. The minimum Gasteiger partial charge on any atom is -0.346 e. The normalized spacial score (nSPS) is 17.3. The van der Waals surface area contributed by atoms with Gasteiger partial charge in [-0.15, -0.1) is 0 Å². The number of amides is 1. The summed E-state index contributed by atoms with van der Waals surface area (Å²) < 4.78 is 28.2. The number of nitrogens with zero attached hydrogens (tertiary/aromatic N) is 3. The number of piperidine rings is 1. The molecule has 25 heavy (non-hydrogen) atoms. The quantitative estimate of drug-likeness (QED) is 0.894. The third-order valence-electron chi connectivity index (χ3n) is 4.43. The molecule has 130 valence electrons. The summed E-state index contributed by atoms with van der Waals surface area (Å²) >= 11 is 0. The van der Waals surface area contributed by atoms with E-state index in [1.54, 1.807) is 0 Å². The lowest BCUT2D eigenvalue weighted by Crippen LogP contribution is -2.36. The van der Waals surface area contributed by atoms with E-state index in [2.05, 4.69) is 20.7 Å². The van der Waals surface area contributed by atoms with E-state index in [0.717, 1.165) is 44.5 Å². The summed E-state index contributed by atoms with van der Waals surface area (Å²) in [5, 5.41) is 4.65. The first-order chi connectivity index (χ1) is 12.1. The Balaban J connectivity index is 1.79. The molecule has 4 rings (SSSR count). The second-order valence-electron chi connectivity index (χ2n) is 6.16. The van der Waals surface area contributed by atoms with Gasteiger partial charge in [0, 0.05) is 13.1 Å². The van der Waals surface area contributed by atoms with E-state index in [9.17, 15) is 13.6 Å². The minimum absolute atomic E-state index is 0.0645. The van der Waals surface area contributed by atoms with Crippen LogP contribution in [-0.2, 0) is 6.54 Å². The van der Waals surface area contributed by atoms with Crippen molar-refractivity contribution in [1.82, 2.24) is 20.3 Å². The zero-order chi connectivity index (χ0) is 17.4. The van der Waals surface area contributed by atoms with Crippen molar-refractivity contribution in [2.75, 3.05) is 18.5 Å². The van der Waals surface area contributed by atoms with Crippen molar-refractivity contribution in [3.05, 3.63) is 41.1 Å². The Morgan fingerprint density at radius 1 is 1.04 bits per heavy atom. The molecule has 0 saturated carbocycles. The number of fused-ring (bicyclic) bond motifs is 1. The Hall–Kier alpha value is -2.61. The van der Waals surface area contributed by atoms with E-state index in [4.69, 9.17) is 0 Å². The van der Waals surface area contributed by atoms with E-state index >= 15 is 0 Å². The van der Waals surface area contributed by atoms with Gasteiger partial charge in [-0.2, -0.15) is 0 Å². The van der Waals surface area contributed by atoms with Gasteiger partial charge in [0.25, 0.3) is 5.91 Å². The van der Waals surface area contributed by atoms with Crippen molar-refractivity contribution >= 4 is 11.7 Å². The highest BCUT2D eigenvalue weighted by atomic mass is 19.1. The number of rotatable bonds is 3. The van der Waals surface area contributed by atoms with Crippen LogP contribution in [0.1, 0.15) is 35.3 Å². The van der Waals surface area contributed by atoms with Crippen LogP contribution in [0.25, 0.3) is 11.4 Å². The average molecular weight is 345 g/mol. The molecule has 8 heteroatoms. The fraction of sp³-hybridized carbons (Fsp3) is 0.353. The Morgan fingerprint density at radius 3 is 2.48 bits per heavy atom. The van der Waals surface area contributed by atoms with Crippen molar-refractivity contribution in [3.8, 4) is 11.4 Å². The maximum atomic E-state index is 14.1. The maximum absolute atomic E-state index is 14.1. The molecule has 0 atom stereocenters. The fourth-order valence-corrected chi connectivity index (χ4v) is 3.19. The molecule has 2 N–H and O–H groups in total. The van der Waals surface area contributed by atoms with Crippen molar-refractivity contribution in [1.29, 1.82) is 0 Å². The highest BCUT2D eigenvalue weighted by molar-refractivity contribution is 6.02. The van der Waals surface area contributed by atoms with E-state index in [0.29, 0.717) is 17.1 Å². The predicted molar refractivity (Wildman–Crippen MR) is 87.6 cm³/mol. The number of carbonyl (C=O) groups is 1. The summed E-state index contributed by atoms with van der Waals surface area (Å²) in [5.74, 6) is -1.53. The van der Waals surface area contributed by atoms with Crippen LogP contribution in [0.5, 0.6) is 0 Å².